The highest BCUT2D eigenvalue weighted by Gasteiger charge is 2.49. The maximum Gasteiger partial charge on any atom is 0.325 e. The van der Waals surface area contributed by atoms with E-state index in [-0.39, 0.29) is 5.82 Å². The van der Waals surface area contributed by atoms with E-state index in [1.165, 1.54) is 56.6 Å². The first-order chi connectivity index (χ1) is 15.9. The minimum Gasteiger partial charge on any atom is -0.489 e. The fraction of sp³-hybridized carbons (Fsp3) is 0.417. The molecule has 1 atom stereocenters. The molecule has 1 unspecified atom stereocenters. The third kappa shape index (κ3) is 4.97. The van der Waals surface area contributed by atoms with Gasteiger partial charge in [-0.25, -0.2) is 14.2 Å². The van der Waals surface area contributed by atoms with Crippen LogP contribution in [0.4, 0.5) is 15.0 Å². The average Bonchev–Trinajstić information content (AvgIpc) is 3.03. The third-order valence-corrected chi connectivity index (χ3v) is 6.23. The number of aromatic nitrogens is 1. The van der Waals surface area contributed by atoms with Gasteiger partial charge in [0.2, 0.25) is 5.91 Å². The van der Waals surface area contributed by atoms with Crippen LogP contribution in [-0.4, -0.2) is 40.9 Å². The molecule has 4 rings (SSSR count). The second-order valence-electron chi connectivity index (χ2n) is 8.67. The normalized spacial score (nSPS) is 21.1. The lowest BCUT2D eigenvalue weighted by atomic mass is 9.90. The number of benzene rings is 1. The summed E-state index contributed by atoms with van der Waals surface area (Å²) in [5.41, 5.74) is -0.960. The molecule has 0 spiro atoms. The number of rotatable bonds is 7. The van der Waals surface area contributed by atoms with Gasteiger partial charge < -0.3 is 15.4 Å². The Morgan fingerprint density at radius 1 is 1.21 bits per heavy atom. The van der Waals surface area contributed by atoms with E-state index in [0.717, 1.165) is 17.7 Å². The van der Waals surface area contributed by atoms with Crippen LogP contribution in [0.1, 0.15) is 44.6 Å². The van der Waals surface area contributed by atoms with Gasteiger partial charge in [-0.15, -0.1) is 0 Å². The van der Waals surface area contributed by atoms with Crippen molar-refractivity contribution in [1.82, 2.24) is 15.2 Å². The van der Waals surface area contributed by atoms with Crippen LogP contribution in [0.2, 0.25) is 0 Å². The maximum atomic E-state index is 13.3. The van der Waals surface area contributed by atoms with Gasteiger partial charge in [0, 0.05) is 6.20 Å². The van der Waals surface area contributed by atoms with E-state index in [1.807, 2.05) is 0 Å². The molecule has 4 amide bonds. The molecular weight excluding hydrogens is 427 g/mol. The molecule has 1 aliphatic carbocycles. The molecular formula is C24H27FN4O4. The predicted octanol–water partition coefficient (Wildman–Crippen LogP) is 3.59. The van der Waals surface area contributed by atoms with E-state index >= 15 is 0 Å². The second-order valence-corrected chi connectivity index (χ2v) is 8.67. The lowest BCUT2D eigenvalue weighted by Crippen LogP contribution is -2.42. The first-order valence-electron chi connectivity index (χ1n) is 11.1. The van der Waals surface area contributed by atoms with Crippen LogP contribution in [0.5, 0.6) is 5.75 Å². The molecule has 1 aromatic heterocycles. The average molecular weight is 455 g/mol. The van der Waals surface area contributed by atoms with Gasteiger partial charge in [-0.2, -0.15) is 0 Å². The van der Waals surface area contributed by atoms with E-state index < -0.39 is 35.7 Å². The van der Waals surface area contributed by atoms with Crippen LogP contribution in [0.25, 0.3) is 0 Å². The smallest absolute Gasteiger partial charge is 0.325 e. The van der Waals surface area contributed by atoms with Crippen molar-refractivity contribution in [2.45, 2.75) is 44.6 Å². The molecule has 2 heterocycles. The van der Waals surface area contributed by atoms with Gasteiger partial charge in [0.15, 0.2) is 11.6 Å². The fourth-order valence-electron chi connectivity index (χ4n) is 4.30. The zero-order valence-electron chi connectivity index (χ0n) is 18.5. The molecule has 9 heteroatoms. The molecule has 1 saturated heterocycles. The van der Waals surface area contributed by atoms with Crippen molar-refractivity contribution in [2.24, 2.45) is 5.92 Å². The van der Waals surface area contributed by atoms with Crippen LogP contribution < -0.4 is 15.4 Å². The predicted molar refractivity (Wildman–Crippen MR) is 119 cm³/mol. The number of imide groups is 1. The number of pyridine rings is 1. The molecule has 1 aromatic carbocycles. The summed E-state index contributed by atoms with van der Waals surface area (Å²) in [6.45, 7) is 1.59. The van der Waals surface area contributed by atoms with Gasteiger partial charge in [0.05, 0.1) is 6.61 Å². The molecule has 1 aliphatic heterocycles. The van der Waals surface area contributed by atoms with Crippen LogP contribution in [0.3, 0.4) is 0 Å². The van der Waals surface area contributed by atoms with Gasteiger partial charge in [0.25, 0.3) is 5.91 Å². The van der Waals surface area contributed by atoms with Gasteiger partial charge >= 0.3 is 6.03 Å². The summed E-state index contributed by atoms with van der Waals surface area (Å²) in [5.74, 6) is -0.451. The highest BCUT2D eigenvalue weighted by Crippen LogP contribution is 2.30. The van der Waals surface area contributed by atoms with E-state index in [9.17, 15) is 18.8 Å². The molecule has 8 nitrogen and oxygen atoms in total. The molecule has 2 fully saturated rings. The first kappa shape index (κ1) is 22.7. The molecule has 0 radical (unpaired) electrons. The standard InChI is InChI=1S/C24H27FN4O4/c1-24(17-9-11-18(25)12-10-17)22(31)29(23(32)28-24)14-20(30)27-21-19(8-5-13-26-21)33-15-16-6-3-2-4-7-16/h5,8-13,16H,2-4,6-7,14-15H2,1H3,(H,28,32)(H,26,27,30). The van der Waals surface area contributed by atoms with Gasteiger partial charge in [0.1, 0.15) is 17.9 Å². The number of urea groups is 1. The Bertz CT molecular complexity index is 1040. The number of nitrogens with one attached hydrogen (secondary N) is 2. The summed E-state index contributed by atoms with van der Waals surface area (Å²) in [6.07, 6.45) is 7.44. The monoisotopic (exact) mass is 454 g/mol. The van der Waals surface area contributed by atoms with Crippen LogP contribution in [0.15, 0.2) is 42.6 Å². The quantitative estimate of drug-likeness (QED) is 0.623. The minimum absolute atomic E-state index is 0.242. The van der Waals surface area contributed by atoms with Gasteiger partial charge in [-0.1, -0.05) is 31.4 Å². The summed E-state index contributed by atoms with van der Waals surface area (Å²) in [6, 6.07) is 8.04. The number of hydrogen-bond acceptors (Lipinski definition) is 5. The fourth-order valence-corrected chi connectivity index (χ4v) is 4.30. The number of anilines is 1. The molecule has 2 aromatic rings. The van der Waals surface area contributed by atoms with Crippen molar-refractivity contribution in [3.8, 4) is 5.75 Å². The largest absolute Gasteiger partial charge is 0.489 e. The van der Waals surface area contributed by atoms with Gasteiger partial charge in [-0.3, -0.25) is 14.5 Å². The molecule has 1 saturated carbocycles. The number of carbonyl (C=O) groups excluding carboxylic acids is 3. The number of carbonyl (C=O) groups is 3. The second kappa shape index (κ2) is 9.56. The van der Waals surface area contributed by atoms with Crippen molar-refractivity contribution in [1.29, 1.82) is 0 Å². The van der Waals surface area contributed by atoms with Crippen molar-refractivity contribution < 1.29 is 23.5 Å². The van der Waals surface area contributed by atoms with E-state index in [4.69, 9.17) is 4.74 Å². The molecule has 2 aliphatic rings. The highest BCUT2D eigenvalue weighted by atomic mass is 19.1. The summed E-state index contributed by atoms with van der Waals surface area (Å²) in [4.78, 5) is 43.2. The Morgan fingerprint density at radius 2 is 1.94 bits per heavy atom. The Morgan fingerprint density at radius 3 is 2.67 bits per heavy atom. The Balaban J connectivity index is 1.40. The lowest BCUT2D eigenvalue weighted by molar-refractivity contribution is -0.133. The minimum atomic E-state index is -1.38. The van der Waals surface area contributed by atoms with Crippen molar-refractivity contribution in [2.75, 3.05) is 18.5 Å². The number of halogens is 1. The van der Waals surface area contributed by atoms with Crippen molar-refractivity contribution in [3.05, 3.63) is 54.0 Å². The van der Waals surface area contributed by atoms with E-state index in [2.05, 4.69) is 15.6 Å². The first-order valence-corrected chi connectivity index (χ1v) is 11.1. The molecule has 2 N–H and O–H groups in total. The summed E-state index contributed by atoms with van der Waals surface area (Å²) in [7, 11) is 0. The van der Waals surface area contributed by atoms with E-state index in [1.54, 1.807) is 12.1 Å². The topological polar surface area (TPSA) is 101 Å². The van der Waals surface area contributed by atoms with Crippen molar-refractivity contribution in [3.63, 3.8) is 0 Å². The van der Waals surface area contributed by atoms with Crippen molar-refractivity contribution >= 4 is 23.7 Å². The summed E-state index contributed by atoms with van der Waals surface area (Å²) in [5, 5.41) is 5.24. The summed E-state index contributed by atoms with van der Waals surface area (Å²) >= 11 is 0. The van der Waals surface area contributed by atoms with E-state index in [0.29, 0.717) is 23.8 Å². The van der Waals surface area contributed by atoms with Crippen LogP contribution >= 0.6 is 0 Å². The van der Waals surface area contributed by atoms with Crippen LogP contribution in [0, 0.1) is 11.7 Å². The lowest BCUT2D eigenvalue weighted by Gasteiger charge is -2.22. The SMILES string of the molecule is CC1(c2ccc(F)cc2)NC(=O)N(CC(=O)Nc2ncccc2OCC2CCCCC2)C1=O. The number of amides is 4. The summed E-state index contributed by atoms with van der Waals surface area (Å²) < 4.78 is 19.2. The third-order valence-electron chi connectivity index (χ3n) is 6.23. The number of ether oxygens (including phenoxy) is 1. The molecule has 0 bridgehead atoms. The van der Waals surface area contributed by atoms with Crippen LogP contribution in [-0.2, 0) is 15.1 Å². The Labute approximate surface area is 191 Å². The van der Waals surface area contributed by atoms with Gasteiger partial charge in [-0.05, 0) is 55.5 Å². The molecule has 33 heavy (non-hydrogen) atoms. The zero-order valence-corrected chi connectivity index (χ0v) is 18.5. The highest BCUT2D eigenvalue weighted by molar-refractivity contribution is 6.10. The number of hydrogen-bond donors (Lipinski definition) is 2. The number of nitrogens with zero attached hydrogens (tertiary/aromatic N) is 2. The molecule has 174 valence electrons. The zero-order chi connectivity index (χ0) is 23.4. The Hall–Kier alpha value is -3.49. The maximum absolute atomic E-state index is 13.3. The Kier molecular flexibility index (Phi) is 6.57.